The first-order chi connectivity index (χ1) is 11.7. The van der Waals surface area contributed by atoms with Crippen molar-refractivity contribution in [2.45, 2.75) is 31.5 Å². The highest BCUT2D eigenvalue weighted by Gasteiger charge is 2.15. The molecule has 0 aliphatic heterocycles. The number of rotatable bonds is 9. The first-order valence-corrected chi connectivity index (χ1v) is 9.45. The van der Waals surface area contributed by atoms with Gasteiger partial charge >= 0.3 is 5.97 Å². The maximum atomic E-state index is 11.9. The fourth-order valence-electron chi connectivity index (χ4n) is 2.01. The van der Waals surface area contributed by atoms with Crippen molar-refractivity contribution in [3.05, 3.63) is 17.5 Å². The largest absolute Gasteiger partial charge is 0.469 e. The Morgan fingerprint density at radius 2 is 2.25 bits per heavy atom. The fraction of sp³-hybridized carbons (Fsp3) is 0.467. The minimum atomic E-state index is -0.268. The van der Waals surface area contributed by atoms with Crippen LogP contribution in [0, 0.1) is 0 Å². The van der Waals surface area contributed by atoms with Crippen molar-refractivity contribution in [3.63, 3.8) is 0 Å². The van der Waals surface area contributed by atoms with Crippen LogP contribution in [-0.2, 0) is 20.9 Å². The third kappa shape index (κ3) is 5.07. The first-order valence-electron chi connectivity index (χ1n) is 7.59. The molecule has 1 N–H and O–H groups in total. The fourth-order valence-corrected chi connectivity index (χ4v) is 3.56. The summed E-state index contributed by atoms with van der Waals surface area (Å²) in [7, 11) is 1.35. The van der Waals surface area contributed by atoms with Crippen LogP contribution in [0.25, 0.3) is 10.7 Å². The summed E-state index contributed by atoms with van der Waals surface area (Å²) >= 11 is 2.97. The molecule has 2 aromatic heterocycles. The van der Waals surface area contributed by atoms with Gasteiger partial charge in [0.05, 0.1) is 17.7 Å². The Morgan fingerprint density at radius 3 is 2.92 bits per heavy atom. The molecule has 0 saturated heterocycles. The quantitative estimate of drug-likeness (QED) is 0.415. The summed E-state index contributed by atoms with van der Waals surface area (Å²) in [6.07, 6.45) is 0.870. The van der Waals surface area contributed by atoms with Crippen LogP contribution < -0.4 is 5.32 Å². The number of ether oxygens (including phenoxy) is 1. The monoisotopic (exact) mass is 368 g/mol. The summed E-state index contributed by atoms with van der Waals surface area (Å²) < 4.78 is 6.55. The van der Waals surface area contributed by atoms with E-state index in [9.17, 15) is 9.59 Å². The highest BCUT2D eigenvalue weighted by molar-refractivity contribution is 7.99. The average Bonchev–Trinajstić information content (AvgIpc) is 3.24. The minimum absolute atomic E-state index is 0.0896. The molecule has 0 aromatic carbocycles. The molecule has 0 atom stereocenters. The van der Waals surface area contributed by atoms with Gasteiger partial charge in [0.1, 0.15) is 0 Å². The van der Waals surface area contributed by atoms with E-state index < -0.39 is 0 Å². The van der Waals surface area contributed by atoms with Gasteiger partial charge in [0.15, 0.2) is 11.0 Å². The standard InChI is InChI=1S/C15H20N4O3S2/c1-3-19-14(11-6-5-9-23-11)17-18-15(19)24-10-12(20)16-8-4-7-13(21)22-2/h5-6,9H,3-4,7-8,10H2,1-2H3,(H,16,20). The molecular weight excluding hydrogens is 348 g/mol. The second-order valence-corrected chi connectivity index (χ2v) is 6.74. The van der Waals surface area contributed by atoms with E-state index in [1.807, 2.05) is 29.0 Å². The second kappa shape index (κ2) is 9.43. The van der Waals surface area contributed by atoms with Gasteiger partial charge in [-0.25, -0.2) is 0 Å². The molecule has 0 unspecified atom stereocenters. The zero-order valence-electron chi connectivity index (χ0n) is 13.7. The molecule has 0 aliphatic carbocycles. The topological polar surface area (TPSA) is 86.1 Å². The molecule has 0 aliphatic rings. The zero-order chi connectivity index (χ0) is 17.4. The van der Waals surface area contributed by atoms with Gasteiger partial charge in [0, 0.05) is 19.5 Å². The highest BCUT2D eigenvalue weighted by Crippen LogP contribution is 2.26. The smallest absolute Gasteiger partial charge is 0.305 e. The lowest BCUT2D eigenvalue weighted by molar-refractivity contribution is -0.140. The summed E-state index contributed by atoms with van der Waals surface area (Å²) in [5, 5.41) is 13.9. The molecule has 0 bridgehead atoms. The number of nitrogens with one attached hydrogen (secondary N) is 1. The average molecular weight is 368 g/mol. The lowest BCUT2D eigenvalue weighted by Gasteiger charge is -2.07. The van der Waals surface area contributed by atoms with Gasteiger partial charge < -0.3 is 14.6 Å². The van der Waals surface area contributed by atoms with Crippen molar-refractivity contribution in [2.24, 2.45) is 0 Å². The third-order valence-corrected chi connectivity index (χ3v) is 5.05. The van der Waals surface area contributed by atoms with Crippen LogP contribution in [-0.4, -0.2) is 46.0 Å². The number of esters is 1. The van der Waals surface area contributed by atoms with E-state index >= 15 is 0 Å². The SMILES string of the molecule is CCn1c(SCC(=O)NCCCC(=O)OC)nnc1-c1cccs1. The van der Waals surface area contributed by atoms with Gasteiger partial charge in [-0.3, -0.25) is 9.59 Å². The molecule has 0 spiro atoms. The Morgan fingerprint density at radius 1 is 1.42 bits per heavy atom. The number of amides is 1. The molecule has 0 saturated carbocycles. The maximum absolute atomic E-state index is 11.9. The van der Waals surface area contributed by atoms with Crippen molar-refractivity contribution in [3.8, 4) is 10.7 Å². The molecule has 2 heterocycles. The van der Waals surface area contributed by atoms with Crippen molar-refractivity contribution < 1.29 is 14.3 Å². The minimum Gasteiger partial charge on any atom is -0.469 e. The van der Waals surface area contributed by atoms with E-state index in [-0.39, 0.29) is 17.6 Å². The Hall–Kier alpha value is -1.87. The van der Waals surface area contributed by atoms with Crippen LogP contribution in [0.2, 0.25) is 0 Å². The van der Waals surface area contributed by atoms with Gasteiger partial charge in [-0.1, -0.05) is 17.8 Å². The van der Waals surface area contributed by atoms with Crippen LogP contribution in [0.15, 0.2) is 22.7 Å². The number of aromatic nitrogens is 3. The van der Waals surface area contributed by atoms with Crippen molar-refractivity contribution in [1.29, 1.82) is 0 Å². The van der Waals surface area contributed by atoms with E-state index in [1.165, 1.54) is 18.9 Å². The normalized spacial score (nSPS) is 10.6. The van der Waals surface area contributed by atoms with E-state index in [2.05, 4.69) is 20.3 Å². The van der Waals surface area contributed by atoms with Crippen molar-refractivity contribution in [1.82, 2.24) is 20.1 Å². The van der Waals surface area contributed by atoms with E-state index in [0.717, 1.165) is 22.4 Å². The van der Waals surface area contributed by atoms with E-state index in [0.29, 0.717) is 19.4 Å². The molecule has 2 rings (SSSR count). The molecule has 9 heteroatoms. The molecule has 24 heavy (non-hydrogen) atoms. The number of thioether (sulfide) groups is 1. The molecule has 7 nitrogen and oxygen atoms in total. The van der Waals surface area contributed by atoms with Gasteiger partial charge in [0.25, 0.3) is 0 Å². The van der Waals surface area contributed by atoms with Crippen LogP contribution >= 0.6 is 23.1 Å². The van der Waals surface area contributed by atoms with E-state index in [1.54, 1.807) is 11.3 Å². The molecule has 130 valence electrons. The Kier molecular flexibility index (Phi) is 7.26. The second-order valence-electron chi connectivity index (χ2n) is 4.85. The number of carbonyl (C=O) groups is 2. The molecule has 1 amide bonds. The predicted octanol–water partition coefficient (Wildman–Crippen LogP) is 2.19. The summed E-state index contributed by atoms with van der Waals surface area (Å²) in [6, 6.07) is 3.98. The maximum Gasteiger partial charge on any atom is 0.305 e. The molecule has 0 fully saturated rings. The molecule has 2 aromatic rings. The van der Waals surface area contributed by atoms with Gasteiger partial charge in [-0.05, 0) is 24.8 Å². The number of hydrogen-bond acceptors (Lipinski definition) is 7. The summed E-state index contributed by atoms with van der Waals surface area (Å²) in [5.74, 6) is 0.735. The highest BCUT2D eigenvalue weighted by atomic mass is 32.2. The van der Waals surface area contributed by atoms with Gasteiger partial charge in [-0.15, -0.1) is 21.5 Å². The number of nitrogens with zero attached hydrogens (tertiary/aromatic N) is 3. The van der Waals surface area contributed by atoms with Gasteiger partial charge in [-0.2, -0.15) is 0 Å². The van der Waals surface area contributed by atoms with Gasteiger partial charge in [0.2, 0.25) is 5.91 Å². The number of methoxy groups -OCH3 is 1. The van der Waals surface area contributed by atoms with Crippen molar-refractivity contribution in [2.75, 3.05) is 19.4 Å². The summed E-state index contributed by atoms with van der Waals surface area (Å²) in [4.78, 5) is 23.9. The Balaban J connectivity index is 1.82. The molecular formula is C15H20N4O3S2. The summed E-state index contributed by atoms with van der Waals surface area (Å²) in [6.45, 7) is 3.22. The van der Waals surface area contributed by atoms with Crippen LogP contribution in [0.4, 0.5) is 0 Å². The number of thiophene rings is 1. The Bertz CT molecular complexity index is 670. The number of hydrogen-bond donors (Lipinski definition) is 1. The predicted molar refractivity (Wildman–Crippen MR) is 94.0 cm³/mol. The Labute approximate surface area is 148 Å². The first kappa shape index (κ1) is 18.5. The van der Waals surface area contributed by atoms with Crippen LogP contribution in [0.5, 0.6) is 0 Å². The van der Waals surface area contributed by atoms with Crippen LogP contribution in [0.3, 0.4) is 0 Å². The van der Waals surface area contributed by atoms with Crippen molar-refractivity contribution >= 4 is 35.0 Å². The number of carbonyl (C=O) groups excluding carboxylic acids is 2. The lowest BCUT2D eigenvalue weighted by Crippen LogP contribution is -2.26. The third-order valence-electron chi connectivity index (χ3n) is 3.21. The molecule has 0 radical (unpaired) electrons. The lowest BCUT2D eigenvalue weighted by atomic mass is 10.3. The zero-order valence-corrected chi connectivity index (χ0v) is 15.3. The summed E-state index contributed by atoms with van der Waals surface area (Å²) in [5.41, 5.74) is 0. The van der Waals surface area contributed by atoms with Crippen LogP contribution in [0.1, 0.15) is 19.8 Å². The van der Waals surface area contributed by atoms with E-state index in [4.69, 9.17) is 0 Å².